The minimum absolute atomic E-state index is 0.254. The normalized spacial score (nSPS) is 10.4. The molecule has 0 atom stereocenters. The zero-order valence-corrected chi connectivity index (χ0v) is 11.0. The van der Waals surface area contributed by atoms with Crippen molar-refractivity contribution in [2.75, 3.05) is 7.11 Å². The van der Waals surface area contributed by atoms with E-state index in [1.807, 2.05) is 6.07 Å². The highest BCUT2D eigenvalue weighted by atomic mass is 35.5. The highest BCUT2D eigenvalue weighted by molar-refractivity contribution is 6.33. The molecule has 0 bridgehead atoms. The molecule has 94 valence electrons. The molecule has 2 aromatic heterocycles. The fourth-order valence-electron chi connectivity index (χ4n) is 1.75. The van der Waals surface area contributed by atoms with Crippen molar-refractivity contribution >= 4 is 17.6 Å². The van der Waals surface area contributed by atoms with Crippen LogP contribution in [0.2, 0.25) is 5.02 Å². The van der Waals surface area contributed by atoms with Gasteiger partial charge in [-0.25, -0.2) is 9.78 Å². The fourth-order valence-corrected chi connectivity index (χ4v) is 2.02. The number of carbonyl (C=O) groups is 1. The molecule has 0 unspecified atom stereocenters. The summed E-state index contributed by atoms with van der Waals surface area (Å²) in [5.41, 5.74) is 2.50. The molecule has 0 aliphatic carbocycles. The number of hydrogen-bond donors (Lipinski definition) is 0. The van der Waals surface area contributed by atoms with Gasteiger partial charge in [-0.2, -0.15) is 5.10 Å². The molecule has 0 fully saturated rings. The Bertz CT molecular complexity index is 588. The molecule has 5 nitrogen and oxygen atoms in total. The average molecular weight is 266 g/mol. The van der Waals surface area contributed by atoms with Crippen LogP contribution in [0.1, 0.15) is 16.2 Å². The Balaban J connectivity index is 2.59. The lowest BCUT2D eigenvalue weighted by atomic mass is 10.1. The average Bonchev–Trinajstić information content (AvgIpc) is 2.67. The van der Waals surface area contributed by atoms with Gasteiger partial charge in [0, 0.05) is 18.3 Å². The molecule has 6 heteroatoms. The largest absolute Gasteiger partial charge is 0.464 e. The number of carbonyl (C=O) groups excluding carboxylic acids is 1. The maximum atomic E-state index is 11.5. The second-order valence-electron chi connectivity index (χ2n) is 3.84. The monoisotopic (exact) mass is 265 g/mol. The van der Waals surface area contributed by atoms with Crippen LogP contribution in [0, 0.1) is 6.92 Å². The van der Waals surface area contributed by atoms with Gasteiger partial charge in [-0.05, 0) is 19.1 Å². The molecule has 18 heavy (non-hydrogen) atoms. The SMILES string of the molecule is COC(=O)c1cc(-c2c(Cl)cnn2C)cc(C)n1. The standard InChI is InChI=1S/C12H12ClN3O2/c1-7-4-8(5-10(15-7)12(17)18-3)11-9(13)6-14-16(11)2/h4-6H,1-3H3. The van der Waals surface area contributed by atoms with E-state index in [2.05, 4.69) is 14.8 Å². The van der Waals surface area contributed by atoms with Crippen molar-refractivity contribution in [3.05, 3.63) is 34.7 Å². The Hall–Kier alpha value is -1.88. The molecule has 0 N–H and O–H groups in total. The van der Waals surface area contributed by atoms with Crippen molar-refractivity contribution in [3.63, 3.8) is 0 Å². The molecule has 0 amide bonds. The van der Waals surface area contributed by atoms with Crippen molar-refractivity contribution in [1.29, 1.82) is 0 Å². The van der Waals surface area contributed by atoms with Gasteiger partial charge < -0.3 is 4.74 Å². The molecule has 0 aromatic carbocycles. The lowest BCUT2D eigenvalue weighted by Gasteiger charge is -2.07. The smallest absolute Gasteiger partial charge is 0.356 e. The zero-order chi connectivity index (χ0) is 13.3. The van der Waals surface area contributed by atoms with Gasteiger partial charge in [0.25, 0.3) is 0 Å². The number of nitrogens with zero attached hydrogens (tertiary/aromatic N) is 3. The Morgan fingerprint density at radius 2 is 2.17 bits per heavy atom. The summed E-state index contributed by atoms with van der Waals surface area (Å²) in [6.07, 6.45) is 1.56. The molecule has 2 aromatic rings. The highest BCUT2D eigenvalue weighted by Crippen LogP contribution is 2.27. The van der Waals surface area contributed by atoms with Crippen molar-refractivity contribution in [2.45, 2.75) is 6.92 Å². The van der Waals surface area contributed by atoms with E-state index in [-0.39, 0.29) is 5.69 Å². The second kappa shape index (κ2) is 4.78. The maximum Gasteiger partial charge on any atom is 0.356 e. The van der Waals surface area contributed by atoms with Gasteiger partial charge >= 0.3 is 5.97 Å². The van der Waals surface area contributed by atoms with Crippen LogP contribution in [-0.4, -0.2) is 27.8 Å². The first-order valence-corrected chi connectivity index (χ1v) is 5.65. The lowest BCUT2D eigenvalue weighted by Crippen LogP contribution is -2.06. The van der Waals surface area contributed by atoms with E-state index in [9.17, 15) is 4.79 Å². The minimum atomic E-state index is -0.474. The van der Waals surface area contributed by atoms with Crippen LogP contribution in [-0.2, 0) is 11.8 Å². The summed E-state index contributed by atoms with van der Waals surface area (Å²) in [7, 11) is 3.11. The summed E-state index contributed by atoms with van der Waals surface area (Å²) in [6, 6.07) is 3.48. The molecule has 0 radical (unpaired) electrons. The second-order valence-corrected chi connectivity index (χ2v) is 4.25. The van der Waals surface area contributed by atoms with Crippen LogP contribution in [0.4, 0.5) is 0 Å². The van der Waals surface area contributed by atoms with Gasteiger partial charge in [0.2, 0.25) is 0 Å². The molecule has 0 aliphatic rings. The van der Waals surface area contributed by atoms with Gasteiger partial charge in [0.1, 0.15) is 5.69 Å². The molecule has 2 heterocycles. The number of halogens is 1. The van der Waals surface area contributed by atoms with Gasteiger partial charge in [-0.3, -0.25) is 4.68 Å². The summed E-state index contributed by atoms with van der Waals surface area (Å²) in [5.74, 6) is -0.474. The number of hydrogen-bond acceptors (Lipinski definition) is 4. The summed E-state index contributed by atoms with van der Waals surface area (Å²) >= 11 is 6.08. The van der Waals surface area contributed by atoms with Crippen molar-refractivity contribution in [2.24, 2.45) is 7.05 Å². The molecule has 2 rings (SSSR count). The van der Waals surface area contributed by atoms with E-state index in [1.54, 1.807) is 30.9 Å². The van der Waals surface area contributed by atoms with E-state index >= 15 is 0 Å². The van der Waals surface area contributed by atoms with Crippen molar-refractivity contribution in [3.8, 4) is 11.3 Å². The summed E-state index contributed by atoms with van der Waals surface area (Å²) in [6.45, 7) is 1.81. The molecule has 0 saturated heterocycles. The molecular formula is C12H12ClN3O2. The van der Waals surface area contributed by atoms with E-state index < -0.39 is 5.97 Å². The third kappa shape index (κ3) is 2.22. The predicted octanol–water partition coefficient (Wildman–Crippen LogP) is 2.23. The lowest BCUT2D eigenvalue weighted by molar-refractivity contribution is 0.0594. The first-order chi connectivity index (χ1) is 8.52. The third-order valence-corrected chi connectivity index (χ3v) is 2.79. The van der Waals surface area contributed by atoms with E-state index in [0.29, 0.717) is 10.7 Å². The number of esters is 1. The summed E-state index contributed by atoms with van der Waals surface area (Å²) in [5, 5.41) is 4.59. The minimum Gasteiger partial charge on any atom is -0.464 e. The number of rotatable bonds is 2. The summed E-state index contributed by atoms with van der Waals surface area (Å²) < 4.78 is 6.32. The van der Waals surface area contributed by atoms with Crippen LogP contribution in [0.15, 0.2) is 18.3 Å². The number of aryl methyl sites for hydroxylation is 2. The number of aromatic nitrogens is 3. The summed E-state index contributed by atoms with van der Waals surface area (Å²) in [4.78, 5) is 15.6. The van der Waals surface area contributed by atoms with E-state index in [0.717, 1.165) is 11.3 Å². The van der Waals surface area contributed by atoms with Gasteiger partial charge in [0.05, 0.1) is 24.0 Å². The number of ether oxygens (including phenoxy) is 1. The van der Waals surface area contributed by atoms with Crippen molar-refractivity contribution < 1.29 is 9.53 Å². The first-order valence-electron chi connectivity index (χ1n) is 5.28. The molecule has 0 saturated carbocycles. The Labute approximate surface area is 109 Å². The van der Waals surface area contributed by atoms with Gasteiger partial charge in [-0.15, -0.1) is 0 Å². The Morgan fingerprint density at radius 3 is 2.72 bits per heavy atom. The van der Waals surface area contributed by atoms with Crippen LogP contribution in [0.25, 0.3) is 11.3 Å². The van der Waals surface area contributed by atoms with Gasteiger partial charge in [0.15, 0.2) is 0 Å². The number of methoxy groups -OCH3 is 1. The Morgan fingerprint density at radius 1 is 1.44 bits per heavy atom. The van der Waals surface area contributed by atoms with Crippen LogP contribution >= 0.6 is 11.6 Å². The predicted molar refractivity (Wildman–Crippen MR) is 67.5 cm³/mol. The first kappa shape index (κ1) is 12.6. The highest BCUT2D eigenvalue weighted by Gasteiger charge is 2.14. The van der Waals surface area contributed by atoms with Crippen LogP contribution in [0.5, 0.6) is 0 Å². The quantitative estimate of drug-likeness (QED) is 0.782. The van der Waals surface area contributed by atoms with Crippen molar-refractivity contribution in [1.82, 2.24) is 14.8 Å². The fraction of sp³-hybridized carbons (Fsp3) is 0.250. The van der Waals surface area contributed by atoms with Crippen LogP contribution < -0.4 is 0 Å². The van der Waals surface area contributed by atoms with E-state index in [4.69, 9.17) is 11.6 Å². The third-order valence-electron chi connectivity index (χ3n) is 2.52. The molecular weight excluding hydrogens is 254 g/mol. The topological polar surface area (TPSA) is 57.0 Å². The maximum absolute atomic E-state index is 11.5. The molecule has 0 spiro atoms. The zero-order valence-electron chi connectivity index (χ0n) is 10.3. The Kier molecular flexibility index (Phi) is 3.34. The van der Waals surface area contributed by atoms with Gasteiger partial charge in [-0.1, -0.05) is 11.6 Å². The molecule has 0 aliphatic heterocycles. The van der Waals surface area contributed by atoms with E-state index in [1.165, 1.54) is 7.11 Å². The number of pyridine rings is 1. The van der Waals surface area contributed by atoms with Crippen LogP contribution in [0.3, 0.4) is 0 Å².